The van der Waals surface area contributed by atoms with Gasteiger partial charge < -0.3 is 9.47 Å². The molecule has 0 aromatic heterocycles. The van der Waals surface area contributed by atoms with Crippen molar-refractivity contribution in [1.82, 2.24) is 4.90 Å². The molecule has 19 heavy (non-hydrogen) atoms. The second-order valence-corrected chi connectivity index (χ2v) is 4.77. The molecule has 0 unspecified atom stereocenters. The lowest BCUT2D eigenvalue weighted by Gasteiger charge is -2.28. The van der Waals surface area contributed by atoms with Gasteiger partial charge >= 0.3 is 0 Å². The Morgan fingerprint density at radius 3 is 2.42 bits per heavy atom. The Balaban J connectivity index is 1.67. The largest absolute Gasteiger partial charge is 0.497 e. The Bertz CT molecular complexity index is 417. The lowest BCUT2D eigenvalue weighted by atomic mass is 9.99. The van der Waals surface area contributed by atoms with Crippen LogP contribution in [0.2, 0.25) is 0 Å². The minimum absolute atomic E-state index is 0.249. The van der Waals surface area contributed by atoms with Crippen molar-refractivity contribution in [3.05, 3.63) is 24.3 Å². The molecule has 1 saturated heterocycles. The summed E-state index contributed by atoms with van der Waals surface area (Å²) < 4.78 is 10.8. The first-order valence-electron chi connectivity index (χ1n) is 6.70. The van der Waals surface area contributed by atoms with Crippen LogP contribution in [0.25, 0.3) is 0 Å². The van der Waals surface area contributed by atoms with Gasteiger partial charge in [0.2, 0.25) is 0 Å². The van der Waals surface area contributed by atoms with Crippen LogP contribution in [0, 0.1) is 17.2 Å². The summed E-state index contributed by atoms with van der Waals surface area (Å²) in [5, 5.41) is 8.84. The van der Waals surface area contributed by atoms with Crippen LogP contribution in [-0.4, -0.2) is 38.3 Å². The molecule has 1 aliphatic heterocycles. The Morgan fingerprint density at radius 2 is 1.84 bits per heavy atom. The molecule has 0 N–H and O–H groups in total. The molecule has 0 radical (unpaired) electrons. The Kier molecular flexibility index (Phi) is 5.05. The Labute approximate surface area is 114 Å². The highest BCUT2D eigenvalue weighted by atomic mass is 16.5. The third-order valence-electron chi connectivity index (χ3n) is 3.51. The van der Waals surface area contributed by atoms with E-state index in [1.54, 1.807) is 7.11 Å². The molecule has 1 aromatic carbocycles. The number of benzene rings is 1. The highest BCUT2D eigenvalue weighted by molar-refractivity contribution is 5.31. The summed E-state index contributed by atoms with van der Waals surface area (Å²) in [5.41, 5.74) is 0. The molecule has 1 fully saturated rings. The number of likely N-dealkylation sites (tertiary alicyclic amines) is 1. The van der Waals surface area contributed by atoms with E-state index in [0.717, 1.165) is 44.0 Å². The van der Waals surface area contributed by atoms with E-state index in [-0.39, 0.29) is 5.92 Å². The molecular weight excluding hydrogens is 240 g/mol. The highest BCUT2D eigenvalue weighted by Crippen LogP contribution is 2.18. The van der Waals surface area contributed by atoms with Gasteiger partial charge in [0.05, 0.1) is 13.2 Å². The van der Waals surface area contributed by atoms with E-state index in [0.29, 0.717) is 6.61 Å². The van der Waals surface area contributed by atoms with Gasteiger partial charge in [0.15, 0.2) is 0 Å². The minimum Gasteiger partial charge on any atom is -0.497 e. The fourth-order valence-corrected chi connectivity index (χ4v) is 2.25. The van der Waals surface area contributed by atoms with Crippen LogP contribution in [0.5, 0.6) is 11.5 Å². The maximum atomic E-state index is 8.84. The van der Waals surface area contributed by atoms with E-state index >= 15 is 0 Å². The SMILES string of the molecule is COc1ccc(OCCN2CCC(C#N)CC2)cc1. The van der Waals surface area contributed by atoms with E-state index in [1.165, 1.54) is 0 Å². The van der Waals surface area contributed by atoms with Crippen LogP contribution >= 0.6 is 0 Å². The van der Waals surface area contributed by atoms with Gasteiger partial charge in [0.25, 0.3) is 0 Å². The normalized spacial score (nSPS) is 16.8. The molecule has 0 aliphatic carbocycles. The number of ether oxygens (including phenoxy) is 2. The van der Waals surface area contributed by atoms with E-state index in [2.05, 4.69) is 11.0 Å². The molecule has 4 heteroatoms. The molecule has 0 spiro atoms. The summed E-state index contributed by atoms with van der Waals surface area (Å²) in [7, 11) is 1.65. The standard InChI is InChI=1S/C15H20N2O2/c1-18-14-2-4-15(5-3-14)19-11-10-17-8-6-13(12-16)7-9-17/h2-5,13H,6-11H2,1H3. The third-order valence-corrected chi connectivity index (χ3v) is 3.51. The highest BCUT2D eigenvalue weighted by Gasteiger charge is 2.18. The van der Waals surface area contributed by atoms with Crippen molar-refractivity contribution in [2.75, 3.05) is 33.4 Å². The molecule has 1 aliphatic rings. The topological polar surface area (TPSA) is 45.5 Å². The van der Waals surface area contributed by atoms with E-state index < -0.39 is 0 Å². The van der Waals surface area contributed by atoms with Crippen molar-refractivity contribution in [2.45, 2.75) is 12.8 Å². The van der Waals surface area contributed by atoms with Gasteiger partial charge in [-0.25, -0.2) is 0 Å². The quantitative estimate of drug-likeness (QED) is 0.815. The fourth-order valence-electron chi connectivity index (χ4n) is 2.25. The predicted molar refractivity (Wildman–Crippen MR) is 73.3 cm³/mol. The fraction of sp³-hybridized carbons (Fsp3) is 0.533. The average molecular weight is 260 g/mol. The van der Waals surface area contributed by atoms with Gasteiger partial charge in [-0.3, -0.25) is 4.90 Å². The summed E-state index contributed by atoms with van der Waals surface area (Å²) in [6.45, 7) is 3.61. The zero-order valence-electron chi connectivity index (χ0n) is 11.3. The van der Waals surface area contributed by atoms with Gasteiger partial charge in [-0.1, -0.05) is 0 Å². The second kappa shape index (κ2) is 7.01. The third kappa shape index (κ3) is 4.15. The van der Waals surface area contributed by atoms with Crippen molar-refractivity contribution in [2.24, 2.45) is 5.92 Å². The predicted octanol–water partition coefficient (Wildman–Crippen LogP) is 2.31. The van der Waals surface area contributed by atoms with Crippen LogP contribution in [0.3, 0.4) is 0 Å². The molecule has 2 rings (SSSR count). The van der Waals surface area contributed by atoms with E-state index in [4.69, 9.17) is 14.7 Å². The summed E-state index contributed by atoms with van der Waals surface area (Å²) >= 11 is 0. The minimum atomic E-state index is 0.249. The first kappa shape index (κ1) is 13.7. The molecule has 1 aromatic rings. The lowest BCUT2D eigenvalue weighted by Crippen LogP contribution is -2.36. The Morgan fingerprint density at radius 1 is 1.21 bits per heavy atom. The number of nitrogens with zero attached hydrogens (tertiary/aromatic N) is 2. The smallest absolute Gasteiger partial charge is 0.119 e. The van der Waals surface area contributed by atoms with Gasteiger partial charge in [0.1, 0.15) is 18.1 Å². The van der Waals surface area contributed by atoms with Crippen molar-refractivity contribution in [3.63, 3.8) is 0 Å². The summed E-state index contributed by atoms with van der Waals surface area (Å²) in [5.74, 6) is 1.96. The molecule has 0 amide bonds. The van der Waals surface area contributed by atoms with Gasteiger partial charge in [0, 0.05) is 12.5 Å². The van der Waals surface area contributed by atoms with Crippen LogP contribution in [0.15, 0.2) is 24.3 Å². The maximum absolute atomic E-state index is 8.84. The number of methoxy groups -OCH3 is 1. The number of hydrogen-bond acceptors (Lipinski definition) is 4. The van der Waals surface area contributed by atoms with Gasteiger partial charge in [-0.15, -0.1) is 0 Å². The number of nitriles is 1. The molecule has 102 valence electrons. The van der Waals surface area contributed by atoms with Crippen molar-refractivity contribution < 1.29 is 9.47 Å². The van der Waals surface area contributed by atoms with Crippen molar-refractivity contribution in [3.8, 4) is 17.6 Å². The van der Waals surface area contributed by atoms with Crippen LogP contribution in [0.4, 0.5) is 0 Å². The van der Waals surface area contributed by atoms with Crippen LogP contribution in [0.1, 0.15) is 12.8 Å². The summed E-state index contributed by atoms with van der Waals surface area (Å²) in [4.78, 5) is 2.36. The maximum Gasteiger partial charge on any atom is 0.119 e. The first-order valence-corrected chi connectivity index (χ1v) is 6.70. The molecule has 0 bridgehead atoms. The van der Waals surface area contributed by atoms with Crippen molar-refractivity contribution >= 4 is 0 Å². The molecule has 4 nitrogen and oxygen atoms in total. The summed E-state index contributed by atoms with van der Waals surface area (Å²) in [6, 6.07) is 9.98. The first-order chi connectivity index (χ1) is 9.31. The zero-order chi connectivity index (χ0) is 13.5. The zero-order valence-corrected chi connectivity index (χ0v) is 11.3. The average Bonchev–Trinajstić information content (AvgIpc) is 2.49. The summed E-state index contributed by atoms with van der Waals surface area (Å²) in [6.07, 6.45) is 1.97. The van der Waals surface area contributed by atoms with Crippen molar-refractivity contribution in [1.29, 1.82) is 5.26 Å². The number of piperidine rings is 1. The second-order valence-electron chi connectivity index (χ2n) is 4.77. The molecule has 1 heterocycles. The Hall–Kier alpha value is -1.73. The monoisotopic (exact) mass is 260 g/mol. The molecular formula is C15H20N2O2. The number of rotatable bonds is 5. The van der Waals surface area contributed by atoms with Crippen LogP contribution < -0.4 is 9.47 Å². The van der Waals surface area contributed by atoms with E-state index in [9.17, 15) is 0 Å². The van der Waals surface area contributed by atoms with Gasteiger partial charge in [-0.2, -0.15) is 5.26 Å². The van der Waals surface area contributed by atoms with Crippen LogP contribution in [-0.2, 0) is 0 Å². The molecule has 0 saturated carbocycles. The molecule has 0 atom stereocenters. The van der Waals surface area contributed by atoms with E-state index in [1.807, 2.05) is 24.3 Å². The van der Waals surface area contributed by atoms with Gasteiger partial charge in [-0.05, 0) is 50.2 Å². The number of hydrogen-bond donors (Lipinski definition) is 0. The lowest BCUT2D eigenvalue weighted by molar-refractivity contribution is 0.169.